The van der Waals surface area contributed by atoms with E-state index in [1.807, 2.05) is 31.2 Å². The molecule has 10 nitrogen and oxygen atoms in total. The smallest absolute Gasteiger partial charge is 0.269 e. The second-order valence-corrected chi connectivity index (χ2v) is 9.16. The first-order valence-electron chi connectivity index (χ1n) is 10.1. The molecule has 0 amide bonds. The number of aryl methyl sites for hydroxylation is 1. The molecule has 0 aliphatic heterocycles. The molecule has 5 rings (SSSR count). The fourth-order valence-corrected chi connectivity index (χ4v) is 4.50. The summed E-state index contributed by atoms with van der Waals surface area (Å²) in [7, 11) is -3.90. The van der Waals surface area contributed by atoms with Crippen LogP contribution in [0, 0.1) is 17.0 Å². The van der Waals surface area contributed by atoms with E-state index in [1.54, 1.807) is 35.0 Å². The standard InChI is InChI=1S/C23H17N5O5S/c1-15-2-12-22(33-15)21-14-24-23-13-11-20(25-27(21)23)16-3-5-17(6-4-16)26-34(31,32)19-9-7-18(8-10-19)28(29)30/h2-14,26H,1H3. The van der Waals surface area contributed by atoms with Crippen molar-refractivity contribution in [3.63, 3.8) is 0 Å². The van der Waals surface area contributed by atoms with Gasteiger partial charge >= 0.3 is 0 Å². The van der Waals surface area contributed by atoms with Gasteiger partial charge in [-0.2, -0.15) is 5.10 Å². The molecule has 0 atom stereocenters. The number of anilines is 1. The molecule has 170 valence electrons. The van der Waals surface area contributed by atoms with E-state index in [2.05, 4.69) is 14.8 Å². The number of nitro benzene ring substituents is 1. The van der Waals surface area contributed by atoms with Gasteiger partial charge in [0.15, 0.2) is 11.4 Å². The number of imidazole rings is 1. The van der Waals surface area contributed by atoms with Crippen LogP contribution in [-0.4, -0.2) is 27.9 Å². The monoisotopic (exact) mass is 475 g/mol. The summed E-state index contributed by atoms with van der Waals surface area (Å²) in [5.74, 6) is 1.44. The normalized spacial score (nSPS) is 11.6. The number of nitrogens with zero attached hydrogens (tertiary/aromatic N) is 4. The van der Waals surface area contributed by atoms with Gasteiger partial charge in [0.25, 0.3) is 15.7 Å². The zero-order valence-electron chi connectivity index (χ0n) is 17.7. The van der Waals surface area contributed by atoms with Gasteiger partial charge in [-0.3, -0.25) is 14.8 Å². The van der Waals surface area contributed by atoms with Crippen LogP contribution in [-0.2, 0) is 10.0 Å². The molecule has 0 spiro atoms. The number of sulfonamides is 1. The summed E-state index contributed by atoms with van der Waals surface area (Å²) in [6.45, 7) is 1.86. The van der Waals surface area contributed by atoms with Crippen molar-refractivity contribution >= 4 is 27.0 Å². The third-order valence-electron chi connectivity index (χ3n) is 5.15. The summed E-state index contributed by atoms with van der Waals surface area (Å²) in [5, 5.41) is 15.4. The zero-order valence-corrected chi connectivity index (χ0v) is 18.6. The number of nitrogens with one attached hydrogen (secondary N) is 1. The van der Waals surface area contributed by atoms with E-state index in [0.717, 1.165) is 29.2 Å². The summed E-state index contributed by atoms with van der Waals surface area (Å²) in [5.41, 5.74) is 2.99. The summed E-state index contributed by atoms with van der Waals surface area (Å²) in [6, 6.07) is 18.8. The van der Waals surface area contributed by atoms with Crippen LogP contribution in [0.25, 0.3) is 28.4 Å². The third-order valence-corrected chi connectivity index (χ3v) is 6.54. The van der Waals surface area contributed by atoms with Gasteiger partial charge < -0.3 is 4.42 Å². The highest BCUT2D eigenvalue weighted by molar-refractivity contribution is 7.92. The number of aromatic nitrogens is 3. The zero-order chi connectivity index (χ0) is 23.9. The van der Waals surface area contributed by atoms with Gasteiger partial charge in [-0.15, -0.1) is 0 Å². The highest BCUT2D eigenvalue weighted by Crippen LogP contribution is 2.26. The maximum Gasteiger partial charge on any atom is 0.269 e. The van der Waals surface area contributed by atoms with Crippen molar-refractivity contribution in [2.75, 3.05) is 4.72 Å². The number of rotatable bonds is 6. The molecule has 0 aliphatic carbocycles. The maximum atomic E-state index is 12.6. The van der Waals surface area contributed by atoms with E-state index >= 15 is 0 Å². The lowest BCUT2D eigenvalue weighted by Crippen LogP contribution is -2.12. The molecular formula is C23H17N5O5S. The average molecular weight is 475 g/mol. The molecule has 3 heterocycles. The molecule has 34 heavy (non-hydrogen) atoms. The van der Waals surface area contributed by atoms with Gasteiger partial charge in [0.1, 0.15) is 11.5 Å². The number of benzene rings is 2. The van der Waals surface area contributed by atoms with Crippen molar-refractivity contribution in [1.82, 2.24) is 14.6 Å². The molecule has 11 heteroatoms. The summed E-state index contributed by atoms with van der Waals surface area (Å²) < 4.78 is 35.1. The Hall–Kier alpha value is -4.51. The number of furan rings is 1. The first-order valence-corrected chi connectivity index (χ1v) is 11.6. The Kier molecular flexibility index (Phi) is 5.10. The predicted octanol–water partition coefficient (Wildman–Crippen LogP) is 4.67. The largest absolute Gasteiger partial charge is 0.460 e. The van der Waals surface area contributed by atoms with Crippen molar-refractivity contribution in [3.8, 4) is 22.7 Å². The average Bonchev–Trinajstić information content (AvgIpc) is 3.44. The Bertz CT molecular complexity index is 1620. The number of non-ortho nitro benzene ring substituents is 1. The van der Waals surface area contributed by atoms with E-state index in [0.29, 0.717) is 22.8 Å². The molecule has 0 saturated carbocycles. The predicted molar refractivity (Wildman–Crippen MR) is 125 cm³/mol. The topological polar surface area (TPSA) is 133 Å². The van der Waals surface area contributed by atoms with Crippen LogP contribution in [0.5, 0.6) is 0 Å². The number of fused-ring (bicyclic) bond motifs is 1. The van der Waals surface area contributed by atoms with Gasteiger partial charge in [0.2, 0.25) is 0 Å². The van der Waals surface area contributed by atoms with Crippen LogP contribution >= 0.6 is 0 Å². The van der Waals surface area contributed by atoms with Gasteiger partial charge in [-0.25, -0.2) is 17.9 Å². The maximum absolute atomic E-state index is 12.6. The molecule has 0 bridgehead atoms. The summed E-state index contributed by atoms with van der Waals surface area (Å²) in [4.78, 5) is 14.5. The fraction of sp³-hybridized carbons (Fsp3) is 0.0435. The summed E-state index contributed by atoms with van der Waals surface area (Å²) in [6.07, 6.45) is 1.69. The van der Waals surface area contributed by atoms with E-state index in [9.17, 15) is 18.5 Å². The Morgan fingerprint density at radius 1 is 0.971 bits per heavy atom. The fourth-order valence-electron chi connectivity index (χ4n) is 3.44. The summed E-state index contributed by atoms with van der Waals surface area (Å²) >= 11 is 0. The molecule has 1 N–H and O–H groups in total. The van der Waals surface area contributed by atoms with Crippen LogP contribution in [0.1, 0.15) is 5.76 Å². The first-order chi connectivity index (χ1) is 16.3. The second kappa shape index (κ2) is 8.12. The molecule has 0 radical (unpaired) electrons. The van der Waals surface area contributed by atoms with Crippen LogP contribution < -0.4 is 4.72 Å². The molecule has 0 saturated heterocycles. The first kappa shape index (κ1) is 21.3. The van der Waals surface area contributed by atoms with Gasteiger partial charge in [0.05, 0.1) is 21.7 Å². The minimum absolute atomic E-state index is 0.0740. The molecule has 5 aromatic rings. The third kappa shape index (κ3) is 3.99. The molecular weight excluding hydrogens is 458 g/mol. The van der Waals surface area contributed by atoms with Gasteiger partial charge in [-0.05, 0) is 55.5 Å². The van der Waals surface area contributed by atoms with Crippen LogP contribution in [0.15, 0.2) is 88.3 Å². The number of hydrogen-bond acceptors (Lipinski definition) is 7. The molecule has 0 fully saturated rings. The number of nitro groups is 1. The Labute approximate surface area is 193 Å². The Balaban J connectivity index is 1.40. The lowest BCUT2D eigenvalue weighted by molar-refractivity contribution is -0.384. The highest BCUT2D eigenvalue weighted by atomic mass is 32.2. The molecule has 2 aromatic carbocycles. The number of hydrogen-bond donors (Lipinski definition) is 1. The molecule has 0 unspecified atom stereocenters. The van der Waals surface area contributed by atoms with Crippen molar-refractivity contribution in [3.05, 3.63) is 94.9 Å². The van der Waals surface area contributed by atoms with Gasteiger partial charge in [0, 0.05) is 23.4 Å². The van der Waals surface area contributed by atoms with Crippen LogP contribution in [0.3, 0.4) is 0 Å². The van der Waals surface area contributed by atoms with Crippen molar-refractivity contribution in [2.45, 2.75) is 11.8 Å². The van der Waals surface area contributed by atoms with E-state index in [-0.39, 0.29) is 10.6 Å². The lowest BCUT2D eigenvalue weighted by atomic mass is 10.1. The van der Waals surface area contributed by atoms with Crippen molar-refractivity contribution in [2.24, 2.45) is 0 Å². The van der Waals surface area contributed by atoms with Crippen molar-refractivity contribution in [1.29, 1.82) is 0 Å². The van der Waals surface area contributed by atoms with Crippen LogP contribution in [0.4, 0.5) is 11.4 Å². The van der Waals surface area contributed by atoms with E-state index < -0.39 is 14.9 Å². The quantitative estimate of drug-likeness (QED) is 0.279. The Morgan fingerprint density at radius 2 is 1.71 bits per heavy atom. The second-order valence-electron chi connectivity index (χ2n) is 7.48. The molecule has 3 aromatic heterocycles. The molecule has 0 aliphatic rings. The van der Waals surface area contributed by atoms with E-state index in [4.69, 9.17) is 4.42 Å². The van der Waals surface area contributed by atoms with Crippen molar-refractivity contribution < 1.29 is 17.8 Å². The van der Waals surface area contributed by atoms with E-state index in [1.165, 1.54) is 12.1 Å². The van der Waals surface area contributed by atoms with Gasteiger partial charge in [-0.1, -0.05) is 12.1 Å². The SMILES string of the molecule is Cc1ccc(-c2cnc3ccc(-c4ccc(NS(=O)(=O)c5ccc([N+](=O)[O-])cc5)cc4)nn23)o1. The lowest BCUT2D eigenvalue weighted by Gasteiger charge is -2.09. The minimum Gasteiger partial charge on any atom is -0.460 e. The Morgan fingerprint density at radius 3 is 2.35 bits per heavy atom. The van der Waals surface area contributed by atoms with Crippen LogP contribution in [0.2, 0.25) is 0 Å². The minimum atomic E-state index is -3.90. The highest BCUT2D eigenvalue weighted by Gasteiger charge is 2.16.